The van der Waals surface area contributed by atoms with Crippen molar-refractivity contribution >= 4 is 31.6 Å². The van der Waals surface area contributed by atoms with Gasteiger partial charge in [-0.3, -0.25) is 14.3 Å². The second kappa shape index (κ2) is 13.0. The Balaban J connectivity index is 1.28. The number of aromatic amines is 1. The van der Waals surface area contributed by atoms with Crippen molar-refractivity contribution in [2.75, 3.05) is 25.5 Å². The Labute approximate surface area is 215 Å². The molecule has 4 aromatic rings. The molecule has 2 aromatic heterocycles. The highest BCUT2D eigenvalue weighted by atomic mass is 31.2. The third-order valence-electron chi connectivity index (χ3n) is 4.82. The summed E-state index contributed by atoms with van der Waals surface area (Å²) in [6.45, 7) is -0.0415. The standard InChI is InChI=1S/C23H22F2N5O7P/c24-16-4-6-18(7-5-16)37-23(32)34-13-36-38(35-11-15-2-1-3-17(25)10-15)14-33-9-8-30-12-27-19-20(30)28-22(26)29-21(19)31/h1-7,10,12H,8-9,11,13-14H2,(H3,26,28,29,31). The van der Waals surface area contributed by atoms with Crippen molar-refractivity contribution in [2.24, 2.45) is 0 Å². The molecule has 1 unspecified atom stereocenters. The van der Waals surface area contributed by atoms with Crippen molar-refractivity contribution in [1.82, 2.24) is 19.5 Å². The number of fused-ring (bicyclic) bond motifs is 1. The van der Waals surface area contributed by atoms with Gasteiger partial charge in [0.05, 0.1) is 19.5 Å². The first kappa shape index (κ1) is 27.1. The lowest BCUT2D eigenvalue weighted by molar-refractivity contribution is 0.0244. The number of hydrogen-bond donors (Lipinski definition) is 2. The number of carbonyl (C=O) groups is 1. The van der Waals surface area contributed by atoms with Gasteiger partial charge in [-0.25, -0.2) is 18.6 Å². The third-order valence-corrected chi connectivity index (χ3v) is 6.02. The van der Waals surface area contributed by atoms with E-state index >= 15 is 0 Å². The summed E-state index contributed by atoms with van der Waals surface area (Å²) in [7, 11) is -1.74. The molecule has 0 saturated carbocycles. The molecule has 38 heavy (non-hydrogen) atoms. The largest absolute Gasteiger partial charge is 0.515 e. The number of carbonyl (C=O) groups excluding carboxylic acids is 1. The minimum atomic E-state index is -1.74. The third kappa shape index (κ3) is 7.76. The fraction of sp³-hybridized carbons (Fsp3) is 0.217. The molecule has 0 aliphatic heterocycles. The first-order chi connectivity index (χ1) is 18.4. The Morgan fingerprint density at radius 1 is 1.11 bits per heavy atom. The molecular formula is C23H22F2N5O7P. The van der Waals surface area contributed by atoms with Gasteiger partial charge in [-0.05, 0) is 42.0 Å². The van der Waals surface area contributed by atoms with Crippen LogP contribution in [0.1, 0.15) is 5.56 Å². The Kier molecular flexibility index (Phi) is 9.27. The van der Waals surface area contributed by atoms with Crippen molar-refractivity contribution in [1.29, 1.82) is 0 Å². The van der Waals surface area contributed by atoms with Crippen molar-refractivity contribution in [2.45, 2.75) is 13.2 Å². The lowest BCUT2D eigenvalue weighted by atomic mass is 10.2. The van der Waals surface area contributed by atoms with Gasteiger partial charge in [-0.2, -0.15) is 4.98 Å². The molecular weight excluding hydrogens is 527 g/mol. The number of hydrogen-bond acceptors (Lipinski definition) is 10. The molecule has 0 aliphatic rings. The van der Waals surface area contributed by atoms with E-state index in [2.05, 4.69) is 15.0 Å². The molecule has 0 fully saturated rings. The molecule has 200 valence electrons. The summed E-state index contributed by atoms with van der Waals surface area (Å²) in [4.78, 5) is 34.3. The maximum absolute atomic E-state index is 13.5. The molecule has 1 atom stereocenters. The van der Waals surface area contributed by atoms with Gasteiger partial charge in [0.1, 0.15) is 23.7 Å². The van der Waals surface area contributed by atoms with E-state index in [9.17, 15) is 18.4 Å². The van der Waals surface area contributed by atoms with E-state index in [0.717, 1.165) is 12.1 Å². The topological polar surface area (TPSA) is 153 Å². The average molecular weight is 549 g/mol. The highest BCUT2D eigenvalue weighted by Crippen LogP contribution is 2.39. The summed E-state index contributed by atoms with van der Waals surface area (Å²) in [6.07, 6.45) is 0.353. The molecule has 0 radical (unpaired) electrons. The molecule has 2 heterocycles. The van der Waals surface area contributed by atoms with Gasteiger partial charge in [0.15, 0.2) is 11.2 Å². The maximum atomic E-state index is 13.5. The smallest absolute Gasteiger partial charge is 0.406 e. The van der Waals surface area contributed by atoms with Crippen molar-refractivity contribution in [3.8, 4) is 5.75 Å². The number of rotatable bonds is 12. The molecule has 12 nitrogen and oxygen atoms in total. The second-order valence-electron chi connectivity index (χ2n) is 7.53. The minimum absolute atomic E-state index is 0.0188. The van der Waals surface area contributed by atoms with E-state index in [1.165, 1.54) is 30.6 Å². The van der Waals surface area contributed by atoms with Gasteiger partial charge in [-0.1, -0.05) is 12.1 Å². The Morgan fingerprint density at radius 2 is 1.92 bits per heavy atom. The number of halogens is 2. The van der Waals surface area contributed by atoms with Crippen LogP contribution in [0.25, 0.3) is 11.2 Å². The number of nitrogens with zero attached hydrogens (tertiary/aromatic N) is 3. The Bertz CT molecular complexity index is 1430. The van der Waals surface area contributed by atoms with Gasteiger partial charge in [-0.15, -0.1) is 0 Å². The summed E-state index contributed by atoms with van der Waals surface area (Å²) in [5, 5.41) is 0. The lowest BCUT2D eigenvalue weighted by Gasteiger charge is -2.18. The van der Waals surface area contributed by atoms with Crippen LogP contribution in [-0.4, -0.2) is 45.4 Å². The first-order valence-corrected chi connectivity index (χ1v) is 12.4. The molecule has 4 rings (SSSR count). The van der Waals surface area contributed by atoms with Crippen LogP contribution in [0, 0.1) is 11.6 Å². The van der Waals surface area contributed by atoms with Crippen LogP contribution in [0.3, 0.4) is 0 Å². The monoisotopic (exact) mass is 549 g/mol. The Morgan fingerprint density at radius 3 is 2.71 bits per heavy atom. The quantitative estimate of drug-likeness (QED) is 0.0880. The summed E-state index contributed by atoms with van der Waals surface area (Å²) in [6, 6.07) is 10.6. The van der Waals surface area contributed by atoms with Crippen molar-refractivity contribution in [3.63, 3.8) is 0 Å². The average Bonchev–Trinajstić information content (AvgIpc) is 3.29. The van der Waals surface area contributed by atoms with Gasteiger partial charge in [0, 0.05) is 6.54 Å². The van der Waals surface area contributed by atoms with Gasteiger partial charge >= 0.3 is 6.16 Å². The molecule has 2 aromatic carbocycles. The predicted molar refractivity (Wildman–Crippen MR) is 131 cm³/mol. The molecule has 0 saturated heterocycles. The molecule has 0 spiro atoms. The summed E-state index contributed by atoms with van der Waals surface area (Å²) in [5.74, 6) is -0.842. The number of aromatic nitrogens is 4. The second-order valence-corrected chi connectivity index (χ2v) is 8.97. The SMILES string of the molecule is Nc1nc2c(ncn2CCOCP(OCOC(=O)Oc2ccc(F)cc2)OCc2cccc(F)c2)c(=O)[nH]1. The minimum Gasteiger partial charge on any atom is -0.406 e. The van der Waals surface area contributed by atoms with E-state index in [-0.39, 0.29) is 36.8 Å². The molecule has 3 N–H and O–H groups in total. The van der Waals surface area contributed by atoms with E-state index in [0.29, 0.717) is 17.8 Å². The van der Waals surface area contributed by atoms with Crippen molar-refractivity contribution in [3.05, 3.63) is 82.4 Å². The molecule has 0 amide bonds. The number of anilines is 1. The summed E-state index contributed by atoms with van der Waals surface area (Å²) in [5.41, 5.74) is 6.17. The van der Waals surface area contributed by atoms with Gasteiger partial charge in [0.25, 0.3) is 5.56 Å². The van der Waals surface area contributed by atoms with Gasteiger partial charge in [0.2, 0.25) is 21.1 Å². The number of nitrogens with one attached hydrogen (secondary N) is 1. The number of nitrogens with two attached hydrogens (primary N) is 1. The number of nitrogen functional groups attached to an aromatic ring is 1. The van der Waals surface area contributed by atoms with Crippen LogP contribution in [0.5, 0.6) is 5.75 Å². The first-order valence-electron chi connectivity index (χ1n) is 11.0. The number of benzene rings is 2. The zero-order valence-corrected chi connectivity index (χ0v) is 20.6. The highest BCUT2D eigenvalue weighted by molar-refractivity contribution is 7.46. The zero-order valence-electron chi connectivity index (χ0n) is 19.7. The molecule has 15 heteroatoms. The molecule has 0 aliphatic carbocycles. The molecule has 0 bridgehead atoms. The normalized spacial score (nSPS) is 11.9. The number of ether oxygens (including phenoxy) is 3. The van der Waals surface area contributed by atoms with Crippen molar-refractivity contribution < 1.29 is 36.8 Å². The van der Waals surface area contributed by atoms with E-state index in [1.54, 1.807) is 16.7 Å². The predicted octanol–water partition coefficient (Wildman–Crippen LogP) is 3.67. The van der Waals surface area contributed by atoms with E-state index < -0.39 is 38.5 Å². The van der Waals surface area contributed by atoms with Crippen LogP contribution in [0.4, 0.5) is 19.5 Å². The fourth-order valence-electron chi connectivity index (χ4n) is 3.08. The summed E-state index contributed by atoms with van der Waals surface area (Å²) >= 11 is 0. The Hall–Kier alpha value is -3.97. The zero-order chi connectivity index (χ0) is 26.9. The van der Waals surface area contributed by atoms with Crippen LogP contribution in [0.2, 0.25) is 0 Å². The number of H-pyrrole nitrogens is 1. The highest BCUT2D eigenvalue weighted by Gasteiger charge is 2.15. The maximum Gasteiger partial charge on any atom is 0.515 e. The van der Waals surface area contributed by atoms with Gasteiger partial charge < -0.3 is 29.0 Å². The van der Waals surface area contributed by atoms with E-state index in [4.69, 9.17) is 29.0 Å². The van der Waals surface area contributed by atoms with E-state index in [1.807, 2.05) is 0 Å². The summed E-state index contributed by atoms with van der Waals surface area (Å²) < 4.78 is 54.8. The van der Waals surface area contributed by atoms with Crippen LogP contribution in [-0.2, 0) is 31.7 Å². The number of imidazole rings is 1. The lowest BCUT2D eigenvalue weighted by Crippen LogP contribution is -2.14. The van der Waals surface area contributed by atoms with Crippen LogP contribution >= 0.6 is 8.38 Å². The fourth-order valence-corrected chi connectivity index (χ4v) is 4.05. The van der Waals surface area contributed by atoms with Crippen LogP contribution < -0.4 is 16.0 Å². The van der Waals surface area contributed by atoms with Crippen LogP contribution in [0.15, 0.2) is 59.7 Å².